The monoisotopic (exact) mass is 413 g/mol. The minimum atomic E-state index is -0.619. The third kappa shape index (κ3) is 3.85. The quantitative estimate of drug-likeness (QED) is 0.308. The van der Waals surface area contributed by atoms with Gasteiger partial charge in [0.05, 0.1) is 28.3 Å². The molecule has 4 heterocycles. The van der Waals surface area contributed by atoms with Gasteiger partial charge in [0.25, 0.3) is 0 Å². The first-order valence-corrected chi connectivity index (χ1v) is 10.3. The van der Waals surface area contributed by atoms with Gasteiger partial charge in [-0.25, -0.2) is 9.97 Å². The Balaban J connectivity index is 1.50. The van der Waals surface area contributed by atoms with Crippen LogP contribution in [0.25, 0.3) is 44.7 Å². The Morgan fingerprint density at radius 1 is 1.06 bits per heavy atom. The molecule has 0 amide bonds. The van der Waals surface area contributed by atoms with E-state index in [0.29, 0.717) is 23.8 Å². The molecule has 0 bridgehead atoms. The van der Waals surface area contributed by atoms with Crippen LogP contribution in [0.2, 0.25) is 0 Å². The van der Waals surface area contributed by atoms with Gasteiger partial charge in [0.1, 0.15) is 11.9 Å². The molecule has 8 heteroatoms. The number of H-pyrrole nitrogens is 2. The molecule has 156 valence electrons. The first kappa shape index (κ1) is 19.2. The molecule has 5 aromatic rings. The van der Waals surface area contributed by atoms with Crippen LogP contribution in [0.5, 0.6) is 0 Å². The van der Waals surface area contributed by atoms with Crippen LogP contribution in [0.15, 0.2) is 55.0 Å². The molecule has 1 atom stereocenters. The summed E-state index contributed by atoms with van der Waals surface area (Å²) in [5.41, 5.74) is 5.81. The fraction of sp³-hybridized carbons (Fsp3) is 0.217. The number of anilines is 1. The SMILES string of the molecule is CC(C)CC(O)Nc1cncc(-c2cnc3[nH]nc(-c4nc5ccccc5[nH]4)c3c2)c1. The number of para-hydroxylation sites is 2. The first-order chi connectivity index (χ1) is 15.1. The summed E-state index contributed by atoms with van der Waals surface area (Å²) in [6.07, 6.45) is 5.31. The number of hydrogen-bond acceptors (Lipinski definition) is 6. The number of hydrogen-bond donors (Lipinski definition) is 4. The van der Waals surface area contributed by atoms with Gasteiger partial charge < -0.3 is 15.4 Å². The van der Waals surface area contributed by atoms with E-state index >= 15 is 0 Å². The number of rotatable bonds is 6. The van der Waals surface area contributed by atoms with Crippen LogP contribution < -0.4 is 5.32 Å². The minimum absolute atomic E-state index is 0.392. The number of aromatic amines is 2. The lowest BCUT2D eigenvalue weighted by atomic mass is 10.1. The summed E-state index contributed by atoms with van der Waals surface area (Å²) in [6.45, 7) is 4.15. The highest BCUT2D eigenvalue weighted by molar-refractivity contribution is 5.93. The zero-order chi connectivity index (χ0) is 21.4. The van der Waals surface area contributed by atoms with Gasteiger partial charge in [-0.1, -0.05) is 26.0 Å². The number of benzene rings is 1. The molecule has 0 aliphatic carbocycles. The van der Waals surface area contributed by atoms with Gasteiger partial charge in [-0.3, -0.25) is 10.1 Å². The van der Waals surface area contributed by atoms with Gasteiger partial charge in [0.2, 0.25) is 0 Å². The highest BCUT2D eigenvalue weighted by atomic mass is 16.3. The topological polar surface area (TPSA) is 115 Å². The second-order valence-electron chi connectivity index (χ2n) is 8.05. The minimum Gasteiger partial charge on any atom is -0.374 e. The Hall–Kier alpha value is -3.78. The van der Waals surface area contributed by atoms with E-state index in [-0.39, 0.29) is 0 Å². The van der Waals surface area contributed by atoms with Crippen molar-refractivity contribution in [2.45, 2.75) is 26.5 Å². The summed E-state index contributed by atoms with van der Waals surface area (Å²) >= 11 is 0. The molecular formula is C23H23N7O. The maximum atomic E-state index is 10.2. The number of aromatic nitrogens is 6. The number of imidazole rings is 1. The standard InChI is InChI=1S/C23H23N7O/c1-13(2)7-20(31)26-16-8-14(10-24-12-16)15-9-17-21(29-30-22(17)25-11-15)23-27-18-5-3-4-6-19(18)28-23/h3-6,8-13,20,26,31H,7H2,1-2H3,(H,27,28)(H,25,29,30). The van der Waals surface area contributed by atoms with E-state index in [4.69, 9.17) is 0 Å². The lowest BCUT2D eigenvalue weighted by Gasteiger charge is -2.16. The van der Waals surface area contributed by atoms with E-state index in [1.54, 1.807) is 18.6 Å². The maximum absolute atomic E-state index is 10.2. The molecule has 4 N–H and O–H groups in total. The number of pyridine rings is 2. The van der Waals surface area contributed by atoms with Crippen molar-refractivity contribution in [1.29, 1.82) is 0 Å². The van der Waals surface area contributed by atoms with Gasteiger partial charge in [-0.15, -0.1) is 0 Å². The normalized spacial score (nSPS) is 12.6. The van der Waals surface area contributed by atoms with Gasteiger partial charge in [-0.05, 0) is 36.6 Å². The molecule has 0 spiro atoms. The van der Waals surface area contributed by atoms with Crippen molar-refractivity contribution < 1.29 is 5.11 Å². The van der Waals surface area contributed by atoms with E-state index in [2.05, 4.69) is 49.3 Å². The molecule has 1 aromatic carbocycles. The van der Waals surface area contributed by atoms with Gasteiger partial charge in [-0.2, -0.15) is 5.10 Å². The van der Waals surface area contributed by atoms with E-state index in [1.807, 2.05) is 36.4 Å². The molecule has 0 aliphatic heterocycles. The molecule has 0 saturated heterocycles. The number of aliphatic hydroxyl groups is 1. The second-order valence-corrected chi connectivity index (χ2v) is 8.05. The third-order valence-corrected chi connectivity index (χ3v) is 5.13. The van der Waals surface area contributed by atoms with E-state index in [0.717, 1.165) is 38.9 Å². The summed E-state index contributed by atoms with van der Waals surface area (Å²) in [6, 6.07) is 11.9. The first-order valence-electron chi connectivity index (χ1n) is 10.3. The molecular weight excluding hydrogens is 390 g/mol. The molecule has 0 saturated carbocycles. The maximum Gasteiger partial charge on any atom is 0.159 e. The predicted octanol–water partition coefficient (Wildman–Crippen LogP) is 4.34. The van der Waals surface area contributed by atoms with Crippen LogP contribution in [0.4, 0.5) is 5.69 Å². The summed E-state index contributed by atoms with van der Waals surface area (Å²) < 4.78 is 0. The molecule has 8 nitrogen and oxygen atoms in total. The van der Waals surface area contributed by atoms with Crippen LogP contribution in [0.3, 0.4) is 0 Å². The summed E-state index contributed by atoms with van der Waals surface area (Å²) in [4.78, 5) is 16.8. The van der Waals surface area contributed by atoms with Crippen molar-refractivity contribution >= 4 is 27.8 Å². The van der Waals surface area contributed by atoms with Crippen molar-refractivity contribution in [2.75, 3.05) is 5.32 Å². The summed E-state index contributed by atoms with van der Waals surface area (Å²) in [5.74, 6) is 1.08. The lowest BCUT2D eigenvalue weighted by Crippen LogP contribution is -2.20. The average molecular weight is 413 g/mol. The largest absolute Gasteiger partial charge is 0.374 e. The van der Waals surface area contributed by atoms with Crippen molar-refractivity contribution in [2.24, 2.45) is 5.92 Å². The van der Waals surface area contributed by atoms with Gasteiger partial charge in [0.15, 0.2) is 11.5 Å². The molecule has 0 radical (unpaired) electrons. The van der Waals surface area contributed by atoms with E-state index < -0.39 is 6.23 Å². The Labute approximate surface area is 178 Å². The van der Waals surface area contributed by atoms with Crippen molar-refractivity contribution in [3.8, 4) is 22.6 Å². The summed E-state index contributed by atoms with van der Waals surface area (Å²) in [5, 5.41) is 21.6. The van der Waals surface area contributed by atoms with Crippen molar-refractivity contribution in [3.05, 3.63) is 55.0 Å². The van der Waals surface area contributed by atoms with Crippen molar-refractivity contribution in [3.63, 3.8) is 0 Å². The molecule has 0 fully saturated rings. The Kier molecular flexibility index (Phi) is 4.83. The highest BCUT2D eigenvalue weighted by Gasteiger charge is 2.15. The lowest BCUT2D eigenvalue weighted by molar-refractivity contribution is 0.176. The highest BCUT2D eigenvalue weighted by Crippen LogP contribution is 2.29. The van der Waals surface area contributed by atoms with Crippen LogP contribution in [0.1, 0.15) is 20.3 Å². The van der Waals surface area contributed by atoms with Crippen LogP contribution in [0, 0.1) is 5.92 Å². The van der Waals surface area contributed by atoms with Gasteiger partial charge >= 0.3 is 0 Å². The smallest absolute Gasteiger partial charge is 0.159 e. The molecule has 1 unspecified atom stereocenters. The predicted molar refractivity (Wildman–Crippen MR) is 121 cm³/mol. The van der Waals surface area contributed by atoms with Crippen molar-refractivity contribution in [1.82, 2.24) is 30.1 Å². The van der Waals surface area contributed by atoms with Crippen LogP contribution in [-0.4, -0.2) is 41.5 Å². The fourth-order valence-electron chi connectivity index (χ4n) is 3.68. The van der Waals surface area contributed by atoms with Crippen LogP contribution >= 0.6 is 0 Å². The zero-order valence-electron chi connectivity index (χ0n) is 17.3. The Morgan fingerprint density at radius 3 is 2.74 bits per heavy atom. The third-order valence-electron chi connectivity index (χ3n) is 5.13. The molecule has 31 heavy (non-hydrogen) atoms. The number of fused-ring (bicyclic) bond motifs is 2. The molecule has 5 rings (SSSR count). The fourth-order valence-corrected chi connectivity index (χ4v) is 3.68. The average Bonchev–Trinajstić information content (AvgIpc) is 3.36. The summed E-state index contributed by atoms with van der Waals surface area (Å²) in [7, 11) is 0. The Morgan fingerprint density at radius 2 is 1.90 bits per heavy atom. The number of aliphatic hydroxyl groups excluding tert-OH is 1. The van der Waals surface area contributed by atoms with E-state index in [1.165, 1.54) is 0 Å². The van der Waals surface area contributed by atoms with Gasteiger partial charge in [0, 0.05) is 23.5 Å². The Bertz CT molecular complexity index is 1320. The number of nitrogens with one attached hydrogen (secondary N) is 3. The van der Waals surface area contributed by atoms with E-state index in [9.17, 15) is 5.11 Å². The second kappa shape index (κ2) is 7.81. The number of nitrogens with zero attached hydrogens (tertiary/aromatic N) is 4. The molecule has 0 aliphatic rings. The van der Waals surface area contributed by atoms with Crippen LogP contribution in [-0.2, 0) is 0 Å². The zero-order valence-corrected chi connectivity index (χ0v) is 17.3. The molecule has 4 aromatic heterocycles.